The van der Waals surface area contributed by atoms with Crippen LogP contribution in [0, 0.1) is 0 Å². The Labute approximate surface area is 99.4 Å². The molecule has 0 saturated carbocycles. The zero-order chi connectivity index (χ0) is 11.9. The first-order chi connectivity index (χ1) is 8.22. The zero-order valence-electron chi connectivity index (χ0n) is 9.45. The maximum atomic E-state index is 12.1. The highest BCUT2D eigenvalue weighted by Gasteiger charge is 2.48. The van der Waals surface area contributed by atoms with Crippen LogP contribution in [0.25, 0.3) is 0 Å². The molecule has 0 bridgehead atoms. The summed E-state index contributed by atoms with van der Waals surface area (Å²) in [5, 5.41) is 5.17. The van der Waals surface area contributed by atoms with E-state index in [-0.39, 0.29) is 11.9 Å². The minimum Gasteiger partial charge on any atom is -0.319 e. The van der Waals surface area contributed by atoms with Crippen LogP contribution < -0.4 is 10.6 Å². The molecule has 3 rings (SSSR count). The minimum absolute atomic E-state index is 0.211. The lowest BCUT2D eigenvalue weighted by Gasteiger charge is -2.26. The monoisotopic (exact) mass is 230 g/mol. The summed E-state index contributed by atoms with van der Waals surface area (Å²) in [5.74, 6) is -0.211. The molecule has 4 heteroatoms. The van der Waals surface area contributed by atoms with E-state index >= 15 is 0 Å². The lowest BCUT2D eigenvalue weighted by Crippen LogP contribution is -2.43. The molecule has 1 aliphatic heterocycles. The summed E-state index contributed by atoms with van der Waals surface area (Å²) in [6.07, 6.45) is 3.66. The van der Waals surface area contributed by atoms with E-state index in [1.807, 2.05) is 24.3 Å². The highest BCUT2D eigenvalue weighted by atomic mass is 16.2. The van der Waals surface area contributed by atoms with Crippen LogP contribution in [-0.2, 0) is 16.8 Å². The summed E-state index contributed by atoms with van der Waals surface area (Å²) in [6, 6.07) is 7.51. The van der Waals surface area contributed by atoms with Gasteiger partial charge in [0, 0.05) is 0 Å². The van der Waals surface area contributed by atoms with Crippen molar-refractivity contribution in [1.82, 2.24) is 10.6 Å². The largest absolute Gasteiger partial charge is 0.322 e. The van der Waals surface area contributed by atoms with Crippen molar-refractivity contribution in [2.45, 2.75) is 31.2 Å². The number of aryl methyl sites for hydroxylation is 1. The summed E-state index contributed by atoms with van der Waals surface area (Å²) in [6.45, 7) is 0. The van der Waals surface area contributed by atoms with Gasteiger partial charge in [0.1, 0.15) is 5.54 Å². The van der Waals surface area contributed by atoms with E-state index in [1.54, 1.807) is 0 Å². The average molecular weight is 230 g/mol. The Balaban J connectivity index is 2.17. The van der Waals surface area contributed by atoms with E-state index < -0.39 is 5.54 Å². The summed E-state index contributed by atoms with van der Waals surface area (Å²) in [7, 11) is 0. The maximum Gasteiger partial charge on any atom is 0.322 e. The number of nitrogens with one attached hydrogen (secondary N) is 2. The number of carbonyl (C=O) groups excluding carboxylic acids is 2. The van der Waals surface area contributed by atoms with Gasteiger partial charge in [-0.25, -0.2) is 4.79 Å². The number of fused-ring (bicyclic) bond motifs is 2. The number of rotatable bonds is 0. The molecule has 2 aliphatic rings. The fourth-order valence-corrected chi connectivity index (χ4v) is 2.85. The predicted molar refractivity (Wildman–Crippen MR) is 62.3 cm³/mol. The Hall–Kier alpha value is -1.84. The molecule has 1 aromatic carbocycles. The van der Waals surface area contributed by atoms with Crippen molar-refractivity contribution in [2.24, 2.45) is 0 Å². The molecule has 1 aliphatic carbocycles. The van der Waals surface area contributed by atoms with Crippen LogP contribution in [0.1, 0.15) is 30.4 Å². The third-order valence-corrected chi connectivity index (χ3v) is 3.67. The normalized spacial score (nSPS) is 27.3. The third kappa shape index (κ3) is 1.44. The predicted octanol–water partition coefficient (Wildman–Crippen LogP) is 1.45. The van der Waals surface area contributed by atoms with Crippen LogP contribution in [0.15, 0.2) is 24.3 Å². The summed E-state index contributed by atoms with van der Waals surface area (Å²) >= 11 is 0. The molecule has 2 N–H and O–H groups in total. The molecule has 1 aromatic rings. The lowest BCUT2D eigenvalue weighted by atomic mass is 9.84. The zero-order valence-corrected chi connectivity index (χ0v) is 9.45. The fraction of sp³-hybridized carbons (Fsp3) is 0.385. The number of hydrogen-bond acceptors (Lipinski definition) is 2. The number of urea groups is 1. The molecule has 0 unspecified atom stereocenters. The van der Waals surface area contributed by atoms with Crippen LogP contribution in [0.2, 0.25) is 0 Å². The molecule has 4 nitrogen and oxygen atoms in total. The summed E-state index contributed by atoms with van der Waals surface area (Å²) < 4.78 is 0. The van der Waals surface area contributed by atoms with Gasteiger partial charge >= 0.3 is 6.03 Å². The van der Waals surface area contributed by atoms with Gasteiger partial charge in [-0.1, -0.05) is 24.3 Å². The quantitative estimate of drug-likeness (QED) is 0.663. The average Bonchev–Trinajstić information content (AvgIpc) is 2.50. The molecule has 3 amide bonds. The van der Waals surface area contributed by atoms with Crippen molar-refractivity contribution in [3.05, 3.63) is 35.4 Å². The number of imide groups is 1. The molecule has 1 fully saturated rings. The number of amides is 3. The van der Waals surface area contributed by atoms with E-state index in [4.69, 9.17) is 0 Å². The second kappa shape index (κ2) is 3.58. The molecule has 0 radical (unpaired) electrons. The number of carbonyl (C=O) groups is 2. The molecule has 0 aromatic heterocycles. The summed E-state index contributed by atoms with van der Waals surface area (Å²) in [5.41, 5.74) is 1.30. The Bertz CT molecular complexity index is 498. The van der Waals surface area contributed by atoms with Gasteiger partial charge in [0.2, 0.25) is 0 Å². The first-order valence-electron chi connectivity index (χ1n) is 5.94. The highest BCUT2D eigenvalue weighted by Crippen LogP contribution is 2.36. The van der Waals surface area contributed by atoms with E-state index in [1.165, 1.54) is 5.56 Å². The van der Waals surface area contributed by atoms with Crippen LogP contribution >= 0.6 is 0 Å². The lowest BCUT2D eigenvalue weighted by molar-refractivity contribution is -0.124. The van der Waals surface area contributed by atoms with Crippen molar-refractivity contribution >= 4 is 11.9 Å². The molecule has 1 spiro atoms. The Morgan fingerprint density at radius 2 is 1.94 bits per heavy atom. The van der Waals surface area contributed by atoms with E-state index in [9.17, 15) is 9.59 Å². The first-order valence-corrected chi connectivity index (χ1v) is 5.94. The van der Waals surface area contributed by atoms with Crippen LogP contribution in [0.5, 0.6) is 0 Å². The SMILES string of the molecule is O=C1NC(=O)[C@]2(CCCCc3ccccc32)N1. The smallest absolute Gasteiger partial charge is 0.319 e. The molecule has 1 heterocycles. The van der Waals surface area contributed by atoms with Crippen molar-refractivity contribution in [2.75, 3.05) is 0 Å². The summed E-state index contributed by atoms with van der Waals surface area (Å²) in [4.78, 5) is 23.5. The maximum absolute atomic E-state index is 12.1. The Kier molecular flexibility index (Phi) is 2.18. The molecule has 1 saturated heterocycles. The topological polar surface area (TPSA) is 58.2 Å². The standard InChI is InChI=1S/C13H14N2O2/c16-11-13(15-12(17)14-11)8-4-3-6-9-5-1-2-7-10(9)13/h1-2,5,7H,3-4,6,8H2,(H2,14,15,16,17)/t13-/m1/s1. The molecule has 88 valence electrons. The van der Waals surface area contributed by atoms with Gasteiger partial charge in [-0.2, -0.15) is 0 Å². The first kappa shape index (κ1) is 10.3. The van der Waals surface area contributed by atoms with Crippen molar-refractivity contribution < 1.29 is 9.59 Å². The minimum atomic E-state index is -0.829. The Morgan fingerprint density at radius 1 is 1.12 bits per heavy atom. The van der Waals surface area contributed by atoms with E-state index in [0.717, 1.165) is 24.8 Å². The number of hydrogen-bond donors (Lipinski definition) is 2. The van der Waals surface area contributed by atoms with Gasteiger partial charge in [0.05, 0.1) is 0 Å². The van der Waals surface area contributed by atoms with Crippen molar-refractivity contribution in [3.8, 4) is 0 Å². The van der Waals surface area contributed by atoms with E-state index in [2.05, 4.69) is 10.6 Å². The second-order valence-electron chi connectivity index (χ2n) is 4.68. The molecule has 17 heavy (non-hydrogen) atoms. The molecule has 1 atom stereocenters. The van der Waals surface area contributed by atoms with Gasteiger partial charge in [-0.3, -0.25) is 10.1 Å². The van der Waals surface area contributed by atoms with Gasteiger partial charge in [0.15, 0.2) is 0 Å². The molecular weight excluding hydrogens is 216 g/mol. The third-order valence-electron chi connectivity index (χ3n) is 3.67. The van der Waals surface area contributed by atoms with E-state index in [0.29, 0.717) is 6.42 Å². The van der Waals surface area contributed by atoms with Crippen molar-refractivity contribution in [3.63, 3.8) is 0 Å². The van der Waals surface area contributed by atoms with Crippen molar-refractivity contribution in [1.29, 1.82) is 0 Å². The van der Waals surface area contributed by atoms with Gasteiger partial charge < -0.3 is 5.32 Å². The van der Waals surface area contributed by atoms with Gasteiger partial charge in [-0.15, -0.1) is 0 Å². The van der Waals surface area contributed by atoms with Crippen LogP contribution in [0.4, 0.5) is 4.79 Å². The number of benzene rings is 1. The Morgan fingerprint density at radius 3 is 2.71 bits per heavy atom. The highest BCUT2D eigenvalue weighted by molar-refractivity contribution is 6.07. The second-order valence-corrected chi connectivity index (χ2v) is 4.68. The molecular formula is C13H14N2O2. The fourth-order valence-electron chi connectivity index (χ4n) is 2.85. The van der Waals surface area contributed by atoms with Crippen LogP contribution in [-0.4, -0.2) is 11.9 Å². The van der Waals surface area contributed by atoms with Gasteiger partial charge in [0.25, 0.3) is 5.91 Å². The van der Waals surface area contributed by atoms with Gasteiger partial charge in [-0.05, 0) is 36.8 Å². The van der Waals surface area contributed by atoms with Crippen LogP contribution in [0.3, 0.4) is 0 Å².